The Morgan fingerprint density at radius 3 is 2.52 bits per heavy atom. The molecule has 4 aromatic rings. The van der Waals surface area contributed by atoms with Gasteiger partial charge in [0.05, 0.1) is 23.9 Å². The number of methoxy groups -OCH3 is 1. The summed E-state index contributed by atoms with van der Waals surface area (Å²) >= 11 is 3.44. The average Bonchev–Trinajstić information content (AvgIpc) is 2.82. The number of halogens is 1. The van der Waals surface area contributed by atoms with Crippen LogP contribution in [0.2, 0.25) is 0 Å². The fraction of sp³-hybridized carbons (Fsp3) is 0.0800. The highest BCUT2D eigenvalue weighted by Gasteiger charge is 2.18. The Hall–Kier alpha value is -3.51. The van der Waals surface area contributed by atoms with Crippen LogP contribution in [0.3, 0.4) is 0 Å². The van der Waals surface area contributed by atoms with Crippen molar-refractivity contribution in [1.29, 1.82) is 0 Å². The number of Topliss-reactive ketones (excluding diaryl/α,β-unsaturated/α-hetero) is 1. The average molecular weight is 476 g/mol. The Morgan fingerprint density at radius 1 is 0.935 bits per heavy atom. The predicted octanol–water partition coefficient (Wildman–Crippen LogP) is 5.71. The minimum Gasteiger partial charge on any atom is -0.497 e. The summed E-state index contributed by atoms with van der Waals surface area (Å²) in [5, 5.41) is 0.646. The summed E-state index contributed by atoms with van der Waals surface area (Å²) in [6.45, 7) is -0.371. The summed E-state index contributed by atoms with van der Waals surface area (Å²) < 4.78 is 11.3. The molecule has 0 bridgehead atoms. The van der Waals surface area contributed by atoms with Gasteiger partial charge < -0.3 is 9.47 Å². The molecule has 0 amide bonds. The van der Waals surface area contributed by atoms with E-state index in [1.54, 1.807) is 30.3 Å². The molecule has 1 heterocycles. The van der Waals surface area contributed by atoms with Crippen molar-refractivity contribution in [3.05, 3.63) is 94.5 Å². The number of pyridine rings is 1. The monoisotopic (exact) mass is 475 g/mol. The molecule has 0 unspecified atom stereocenters. The minimum atomic E-state index is -0.584. The zero-order valence-electron chi connectivity index (χ0n) is 16.7. The topological polar surface area (TPSA) is 65.5 Å². The summed E-state index contributed by atoms with van der Waals surface area (Å²) in [6.07, 6.45) is 0. The number of esters is 1. The van der Waals surface area contributed by atoms with Gasteiger partial charge in [0.1, 0.15) is 5.75 Å². The lowest BCUT2D eigenvalue weighted by atomic mass is 10.0. The van der Waals surface area contributed by atoms with Crippen LogP contribution >= 0.6 is 15.9 Å². The van der Waals surface area contributed by atoms with Gasteiger partial charge in [-0.1, -0.05) is 58.4 Å². The quantitative estimate of drug-likeness (QED) is 0.263. The van der Waals surface area contributed by atoms with Crippen LogP contribution < -0.4 is 4.74 Å². The van der Waals surface area contributed by atoms with Crippen LogP contribution in [0.25, 0.3) is 22.2 Å². The number of hydrogen-bond donors (Lipinski definition) is 0. The number of hydrogen-bond acceptors (Lipinski definition) is 5. The van der Waals surface area contributed by atoms with Gasteiger partial charge in [-0.05, 0) is 36.4 Å². The molecule has 0 N–H and O–H groups in total. The first-order valence-electron chi connectivity index (χ1n) is 9.55. The third-order valence-corrected chi connectivity index (χ3v) is 5.28. The van der Waals surface area contributed by atoms with Crippen molar-refractivity contribution in [3.63, 3.8) is 0 Å². The maximum atomic E-state index is 13.0. The molecule has 154 valence electrons. The van der Waals surface area contributed by atoms with Crippen molar-refractivity contribution in [1.82, 2.24) is 4.98 Å². The van der Waals surface area contributed by atoms with Crippen molar-refractivity contribution in [3.8, 4) is 17.0 Å². The third-order valence-electron chi connectivity index (χ3n) is 4.79. The summed E-state index contributed by atoms with van der Waals surface area (Å²) in [5.41, 5.74) is 2.97. The molecule has 4 rings (SSSR count). The highest BCUT2D eigenvalue weighted by molar-refractivity contribution is 9.10. The second-order valence-corrected chi connectivity index (χ2v) is 7.73. The van der Waals surface area contributed by atoms with Gasteiger partial charge in [0.2, 0.25) is 0 Å². The Morgan fingerprint density at radius 2 is 1.74 bits per heavy atom. The highest BCUT2D eigenvalue weighted by atomic mass is 79.9. The predicted molar refractivity (Wildman–Crippen MR) is 122 cm³/mol. The van der Waals surface area contributed by atoms with E-state index in [4.69, 9.17) is 9.47 Å². The van der Waals surface area contributed by atoms with Crippen LogP contribution in [0, 0.1) is 0 Å². The van der Waals surface area contributed by atoms with Gasteiger partial charge in [-0.15, -0.1) is 0 Å². The van der Waals surface area contributed by atoms with E-state index in [2.05, 4.69) is 20.9 Å². The lowest BCUT2D eigenvalue weighted by molar-refractivity contribution is 0.0476. The normalized spacial score (nSPS) is 10.6. The Kier molecular flexibility index (Phi) is 6.09. The molecule has 5 nitrogen and oxygen atoms in total. The highest BCUT2D eigenvalue weighted by Crippen LogP contribution is 2.27. The van der Waals surface area contributed by atoms with Gasteiger partial charge >= 0.3 is 5.97 Å². The standard InChI is InChI=1S/C25H18BrNO4/c1-30-19-9-5-8-17(12-19)24(28)15-31-25(29)21-14-23(16-6-3-2-4-7-16)27-22-11-10-18(26)13-20(21)22/h2-14H,15H2,1H3. The Balaban J connectivity index is 1.64. The number of carbonyl (C=O) groups excluding carboxylic acids is 2. The number of nitrogens with zero attached hydrogens (tertiary/aromatic N) is 1. The fourth-order valence-electron chi connectivity index (χ4n) is 3.21. The molecular weight excluding hydrogens is 458 g/mol. The number of ketones is 1. The van der Waals surface area contributed by atoms with Crippen LogP contribution in [0.4, 0.5) is 0 Å². The molecular formula is C25H18BrNO4. The van der Waals surface area contributed by atoms with Gasteiger partial charge in [0.15, 0.2) is 12.4 Å². The second kappa shape index (κ2) is 9.10. The summed E-state index contributed by atoms with van der Waals surface area (Å²) in [4.78, 5) is 30.2. The summed E-state index contributed by atoms with van der Waals surface area (Å²) in [6, 6.07) is 23.5. The molecule has 0 atom stereocenters. The number of fused-ring (bicyclic) bond motifs is 1. The van der Waals surface area contributed by atoms with E-state index in [1.165, 1.54) is 7.11 Å². The van der Waals surface area contributed by atoms with E-state index in [0.717, 1.165) is 10.0 Å². The van der Waals surface area contributed by atoms with Crippen LogP contribution in [0.15, 0.2) is 83.3 Å². The SMILES string of the molecule is COc1cccc(C(=O)COC(=O)c2cc(-c3ccccc3)nc3ccc(Br)cc23)c1. The molecule has 0 aliphatic rings. The van der Waals surface area contributed by atoms with Crippen LogP contribution in [-0.2, 0) is 4.74 Å². The van der Waals surface area contributed by atoms with E-state index >= 15 is 0 Å². The van der Waals surface area contributed by atoms with E-state index in [1.807, 2.05) is 48.5 Å². The molecule has 0 saturated heterocycles. The second-order valence-electron chi connectivity index (χ2n) is 6.81. The minimum absolute atomic E-state index is 0.310. The van der Waals surface area contributed by atoms with Crippen LogP contribution in [0.1, 0.15) is 20.7 Å². The molecule has 0 spiro atoms. The van der Waals surface area contributed by atoms with Crippen molar-refractivity contribution >= 4 is 38.6 Å². The fourth-order valence-corrected chi connectivity index (χ4v) is 3.57. The number of carbonyl (C=O) groups is 2. The zero-order valence-corrected chi connectivity index (χ0v) is 18.3. The van der Waals surface area contributed by atoms with Gasteiger partial charge in [-0.3, -0.25) is 4.79 Å². The van der Waals surface area contributed by atoms with Crippen LogP contribution in [0.5, 0.6) is 5.75 Å². The van der Waals surface area contributed by atoms with Crippen molar-refractivity contribution in [2.45, 2.75) is 0 Å². The smallest absolute Gasteiger partial charge is 0.339 e. The molecule has 1 aromatic heterocycles. The first-order valence-corrected chi connectivity index (χ1v) is 10.3. The maximum absolute atomic E-state index is 13.0. The zero-order chi connectivity index (χ0) is 21.8. The van der Waals surface area contributed by atoms with Gasteiger partial charge in [0.25, 0.3) is 0 Å². The van der Waals surface area contributed by atoms with E-state index in [-0.39, 0.29) is 12.4 Å². The molecule has 0 saturated carbocycles. The molecule has 6 heteroatoms. The number of benzene rings is 3. The number of aromatic nitrogens is 1. The summed E-state index contributed by atoms with van der Waals surface area (Å²) in [7, 11) is 1.53. The first-order chi connectivity index (χ1) is 15.0. The summed E-state index contributed by atoms with van der Waals surface area (Å²) in [5.74, 6) is -0.330. The molecule has 0 radical (unpaired) electrons. The largest absolute Gasteiger partial charge is 0.497 e. The lowest BCUT2D eigenvalue weighted by Crippen LogP contribution is -2.15. The van der Waals surface area contributed by atoms with Gasteiger partial charge in [-0.2, -0.15) is 0 Å². The van der Waals surface area contributed by atoms with Crippen molar-refractivity contribution in [2.75, 3.05) is 13.7 Å². The third kappa shape index (κ3) is 4.64. The molecule has 0 aliphatic carbocycles. The van der Waals surface area contributed by atoms with Crippen LogP contribution in [-0.4, -0.2) is 30.5 Å². The first kappa shape index (κ1) is 20.8. The van der Waals surface area contributed by atoms with Crippen molar-refractivity contribution in [2.24, 2.45) is 0 Å². The van der Waals surface area contributed by atoms with Crippen molar-refractivity contribution < 1.29 is 19.1 Å². The maximum Gasteiger partial charge on any atom is 0.339 e. The van der Waals surface area contributed by atoms with E-state index < -0.39 is 5.97 Å². The molecule has 0 aliphatic heterocycles. The lowest BCUT2D eigenvalue weighted by Gasteiger charge is -2.11. The van der Waals surface area contributed by atoms with Gasteiger partial charge in [0, 0.05) is 21.0 Å². The van der Waals surface area contributed by atoms with E-state index in [9.17, 15) is 9.59 Å². The number of rotatable bonds is 6. The van der Waals surface area contributed by atoms with E-state index in [0.29, 0.717) is 33.5 Å². The number of ether oxygens (including phenoxy) is 2. The molecule has 31 heavy (non-hydrogen) atoms. The molecule has 0 fully saturated rings. The molecule has 3 aromatic carbocycles. The Labute approximate surface area is 187 Å². The van der Waals surface area contributed by atoms with Gasteiger partial charge in [-0.25, -0.2) is 9.78 Å². The Bertz CT molecular complexity index is 1270.